The Morgan fingerprint density at radius 3 is 2.59 bits per heavy atom. The molecule has 9 heteroatoms. The number of aromatic nitrogens is 3. The van der Waals surface area contributed by atoms with Crippen LogP contribution in [0.4, 0.5) is 5.13 Å². The van der Waals surface area contributed by atoms with Gasteiger partial charge in [-0.3, -0.25) is 14.5 Å². The van der Waals surface area contributed by atoms with Crippen LogP contribution in [0.1, 0.15) is 35.5 Å². The molecule has 1 aliphatic rings. The Balaban J connectivity index is 1.73. The van der Waals surface area contributed by atoms with Crippen LogP contribution in [-0.2, 0) is 9.59 Å². The molecule has 0 spiro atoms. The summed E-state index contributed by atoms with van der Waals surface area (Å²) in [6.07, 6.45) is 3.42. The molecule has 0 aliphatic carbocycles. The first kappa shape index (κ1) is 21.8. The number of ether oxygens (including phenoxy) is 1. The van der Waals surface area contributed by atoms with Crippen LogP contribution in [0.25, 0.3) is 11.4 Å². The van der Waals surface area contributed by atoms with E-state index in [1.807, 2.05) is 43.5 Å². The highest BCUT2D eigenvalue weighted by Crippen LogP contribution is 2.43. The molecule has 0 saturated carbocycles. The maximum atomic E-state index is 13.3. The lowest BCUT2D eigenvalue weighted by Gasteiger charge is -2.23. The number of hydrogen-bond donors (Lipinski definition) is 1. The van der Waals surface area contributed by atoms with Gasteiger partial charge in [-0.2, -0.15) is 0 Å². The van der Waals surface area contributed by atoms with E-state index < -0.39 is 17.7 Å². The number of carbonyl (C=O) groups excluding carboxylic acids is 2. The van der Waals surface area contributed by atoms with Gasteiger partial charge in [-0.1, -0.05) is 18.2 Å². The van der Waals surface area contributed by atoms with Gasteiger partial charge in [-0.05, 0) is 50.1 Å². The molecule has 1 fully saturated rings. The number of hydrogen-bond acceptors (Lipinski definition) is 7. The lowest BCUT2D eigenvalue weighted by Crippen LogP contribution is -2.29. The molecule has 0 bridgehead atoms. The monoisotopic (exact) mass is 474 g/mol. The number of amides is 1. The van der Waals surface area contributed by atoms with Gasteiger partial charge in [-0.25, -0.2) is 9.97 Å². The predicted octanol–water partition coefficient (Wildman–Crippen LogP) is 4.43. The maximum absolute atomic E-state index is 13.3. The predicted molar refractivity (Wildman–Crippen MR) is 129 cm³/mol. The molecule has 3 aromatic heterocycles. The minimum atomic E-state index is -0.855. The normalized spacial score (nSPS) is 17.6. The molecule has 8 nitrogen and oxygen atoms in total. The number of rotatable bonds is 5. The first-order chi connectivity index (χ1) is 16.4. The Kier molecular flexibility index (Phi) is 5.41. The molecule has 1 aliphatic heterocycles. The fourth-order valence-corrected chi connectivity index (χ4v) is 4.93. The van der Waals surface area contributed by atoms with Crippen LogP contribution in [0.5, 0.6) is 5.75 Å². The van der Waals surface area contributed by atoms with Gasteiger partial charge in [0.25, 0.3) is 5.78 Å². The molecule has 1 amide bonds. The summed E-state index contributed by atoms with van der Waals surface area (Å²) in [5.41, 5.74) is 3.17. The van der Waals surface area contributed by atoms with E-state index in [0.717, 1.165) is 5.56 Å². The number of fused-ring (bicyclic) bond motifs is 1. The maximum Gasteiger partial charge on any atom is 0.301 e. The van der Waals surface area contributed by atoms with Crippen molar-refractivity contribution in [3.8, 4) is 5.75 Å². The number of nitrogens with zero attached hydrogens (tertiary/aromatic N) is 4. The van der Waals surface area contributed by atoms with Crippen molar-refractivity contribution in [3.63, 3.8) is 0 Å². The lowest BCUT2D eigenvalue weighted by molar-refractivity contribution is -0.132. The zero-order valence-electron chi connectivity index (χ0n) is 18.8. The van der Waals surface area contributed by atoms with E-state index in [4.69, 9.17) is 4.74 Å². The molecule has 0 radical (unpaired) electrons. The zero-order chi connectivity index (χ0) is 24.0. The van der Waals surface area contributed by atoms with E-state index >= 15 is 0 Å². The molecule has 1 unspecified atom stereocenters. The number of aryl methyl sites for hydroxylation is 2. The molecule has 4 aromatic rings. The van der Waals surface area contributed by atoms with Crippen LogP contribution in [0.15, 0.2) is 59.7 Å². The van der Waals surface area contributed by atoms with Crippen LogP contribution in [0.3, 0.4) is 0 Å². The van der Waals surface area contributed by atoms with Gasteiger partial charge in [0.15, 0.2) is 10.9 Å². The van der Waals surface area contributed by atoms with Crippen LogP contribution in [0, 0.1) is 13.8 Å². The van der Waals surface area contributed by atoms with Crippen molar-refractivity contribution < 1.29 is 19.4 Å². The molecule has 1 atom stereocenters. The number of carbonyl (C=O) groups is 2. The van der Waals surface area contributed by atoms with Crippen molar-refractivity contribution in [3.05, 3.63) is 82.3 Å². The number of anilines is 1. The summed E-state index contributed by atoms with van der Waals surface area (Å²) < 4.78 is 7.39. The summed E-state index contributed by atoms with van der Waals surface area (Å²) in [6, 6.07) is 10.1. The smallest absolute Gasteiger partial charge is 0.301 e. The first-order valence-electron chi connectivity index (χ1n) is 10.8. The van der Waals surface area contributed by atoms with Crippen LogP contribution < -0.4 is 9.64 Å². The van der Waals surface area contributed by atoms with Gasteiger partial charge in [0.1, 0.15) is 17.1 Å². The van der Waals surface area contributed by atoms with Gasteiger partial charge < -0.3 is 14.2 Å². The van der Waals surface area contributed by atoms with Crippen LogP contribution in [0.2, 0.25) is 0 Å². The van der Waals surface area contributed by atoms with Crippen molar-refractivity contribution >= 4 is 39.6 Å². The van der Waals surface area contributed by atoms with E-state index in [0.29, 0.717) is 34.4 Å². The second kappa shape index (κ2) is 8.42. The molecule has 34 heavy (non-hydrogen) atoms. The van der Waals surface area contributed by atoms with E-state index in [1.165, 1.54) is 16.2 Å². The first-order valence-corrected chi connectivity index (χ1v) is 11.7. The standard InChI is InChI=1S/C25H22N4O4S/c1-4-33-17-9-7-16(8-10-17)20-18(22(31)24(32)29(20)25-26-11-13-34-25)21(30)19-15(3)28-12-5-6-14(2)23(28)27-19/h5-13,20,30H,4H2,1-3H3. The summed E-state index contributed by atoms with van der Waals surface area (Å²) in [7, 11) is 0. The highest BCUT2D eigenvalue weighted by Gasteiger charge is 2.48. The number of aliphatic hydroxyl groups excluding tert-OH is 1. The number of benzene rings is 1. The van der Waals surface area contributed by atoms with Crippen LogP contribution in [-0.4, -0.2) is 37.8 Å². The van der Waals surface area contributed by atoms with Gasteiger partial charge in [0.2, 0.25) is 0 Å². The van der Waals surface area contributed by atoms with Crippen molar-refractivity contribution in [2.75, 3.05) is 11.5 Å². The molecule has 4 heterocycles. The SMILES string of the molecule is CCOc1ccc(C2C(=C(O)c3nc4c(C)cccn4c3C)C(=O)C(=O)N2c2nccs2)cc1. The molecule has 1 N–H and O–H groups in total. The van der Waals surface area contributed by atoms with Crippen molar-refractivity contribution in [1.29, 1.82) is 0 Å². The molecule has 1 aromatic carbocycles. The quantitative estimate of drug-likeness (QED) is 0.261. The van der Waals surface area contributed by atoms with Gasteiger partial charge >= 0.3 is 5.91 Å². The third-order valence-corrected chi connectivity index (χ3v) is 6.66. The Labute approximate surface area is 199 Å². The minimum absolute atomic E-state index is 0.0199. The largest absolute Gasteiger partial charge is 0.505 e. The Bertz CT molecular complexity index is 1440. The van der Waals surface area contributed by atoms with Gasteiger partial charge in [0, 0.05) is 17.8 Å². The minimum Gasteiger partial charge on any atom is -0.505 e. The average Bonchev–Trinajstić information content (AvgIpc) is 3.53. The molecule has 1 saturated heterocycles. The summed E-state index contributed by atoms with van der Waals surface area (Å²) in [4.78, 5) is 36.6. The van der Waals surface area contributed by atoms with Gasteiger partial charge in [0.05, 0.1) is 23.9 Å². The molecule has 172 valence electrons. The summed E-state index contributed by atoms with van der Waals surface area (Å²) >= 11 is 1.25. The Hall–Kier alpha value is -3.98. The number of Topliss-reactive ketones (excluding diaryl/α,β-unsaturated/α-hetero) is 1. The second-order valence-corrected chi connectivity index (χ2v) is 8.79. The van der Waals surface area contributed by atoms with Crippen molar-refractivity contribution in [2.24, 2.45) is 0 Å². The highest BCUT2D eigenvalue weighted by molar-refractivity contribution is 7.14. The summed E-state index contributed by atoms with van der Waals surface area (Å²) in [6.45, 7) is 6.15. The highest BCUT2D eigenvalue weighted by atomic mass is 32.1. The topological polar surface area (TPSA) is 97.0 Å². The average molecular weight is 475 g/mol. The third kappa shape index (κ3) is 3.36. The van der Waals surface area contributed by atoms with E-state index in [9.17, 15) is 14.7 Å². The van der Waals surface area contributed by atoms with Crippen LogP contribution >= 0.6 is 11.3 Å². The Morgan fingerprint density at radius 1 is 1.18 bits per heavy atom. The van der Waals surface area contributed by atoms with E-state index in [2.05, 4.69) is 9.97 Å². The number of aliphatic hydroxyl groups is 1. The van der Waals surface area contributed by atoms with Gasteiger partial charge in [-0.15, -0.1) is 11.3 Å². The number of pyridine rings is 1. The summed E-state index contributed by atoms with van der Waals surface area (Å²) in [5.74, 6) is -1.16. The fourth-order valence-electron chi connectivity index (χ4n) is 4.27. The summed E-state index contributed by atoms with van der Waals surface area (Å²) in [5, 5.41) is 13.5. The molecular weight excluding hydrogens is 452 g/mol. The molecular formula is C25H22N4O4S. The second-order valence-electron chi connectivity index (χ2n) is 7.92. The lowest BCUT2D eigenvalue weighted by atomic mass is 9.96. The Morgan fingerprint density at radius 2 is 1.94 bits per heavy atom. The van der Waals surface area contributed by atoms with Crippen molar-refractivity contribution in [1.82, 2.24) is 14.4 Å². The van der Waals surface area contributed by atoms with Crippen molar-refractivity contribution in [2.45, 2.75) is 26.8 Å². The fraction of sp³-hybridized carbons (Fsp3) is 0.200. The van der Waals surface area contributed by atoms with E-state index in [1.54, 1.807) is 35.8 Å². The van der Waals surface area contributed by atoms with E-state index in [-0.39, 0.29) is 17.0 Å². The number of thiazole rings is 1. The molecule has 5 rings (SSSR count). The number of imidazole rings is 1. The number of ketones is 1. The zero-order valence-corrected chi connectivity index (χ0v) is 19.7. The third-order valence-electron chi connectivity index (χ3n) is 5.88.